The lowest BCUT2D eigenvalue weighted by atomic mass is 10.3. The van der Waals surface area contributed by atoms with E-state index in [-0.39, 0.29) is 18.4 Å². The molecule has 72 valence electrons. The Balaban J connectivity index is 3.01. The van der Waals surface area contributed by atoms with Crippen LogP contribution in [0.5, 0.6) is 0 Å². The van der Waals surface area contributed by atoms with Gasteiger partial charge in [0.25, 0.3) is 0 Å². The fourth-order valence-electron chi connectivity index (χ4n) is 0.769. The third-order valence-electron chi connectivity index (χ3n) is 1.42. The number of hydrogen-bond acceptors (Lipinski definition) is 7. The molecule has 0 aliphatic rings. The van der Waals surface area contributed by atoms with Crippen LogP contribution >= 0.6 is 0 Å². The van der Waals surface area contributed by atoms with E-state index >= 15 is 0 Å². The summed E-state index contributed by atoms with van der Waals surface area (Å²) in [7, 11) is 1.66. The predicted molar refractivity (Wildman–Crippen MR) is 47.8 cm³/mol. The topological polar surface area (TPSA) is 123 Å². The molecule has 6 N–H and O–H groups in total. The van der Waals surface area contributed by atoms with Crippen LogP contribution < -0.4 is 16.8 Å². The first-order valence-electron chi connectivity index (χ1n) is 3.73. The summed E-state index contributed by atoms with van der Waals surface area (Å²) in [5, 5.41) is 11.5. The van der Waals surface area contributed by atoms with Crippen molar-refractivity contribution in [1.82, 2.24) is 15.0 Å². The number of nitrogen functional groups attached to an aromatic ring is 1. The van der Waals surface area contributed by atoms with Crippen LogP contribution in [0.1, 0.15) is 11.9 Å². The number of anilines is 2. The van der Waals surface area contributed by atoms with Gasteiger partial charge in [-0.2, -0.15) is 15.0 Å². The highest BCUT2D eigenvalue weighted by molar-refractivity contribution is 5.30. The molecular weight excluding hydrogens is 172 g/mol. The maximum Gasteiger partial charge on any atom is 0.227 e. The summed E-state index contributed by atoms with van der Waals surface area (Å²) in [6.45, 7) is -0.230. The minimum atomic E-state index is -0.627. The summed E-state index contributed by atoms with van der Waals surface area (Å²) in [4.78, 5) is 11.5. The Labute approximate surface area is 75.2 Å². The minimum absolute atomic E-state index is 0.0817. The molecule has 0 unspecified atom stereocenters. The SMILES string of the molecule is CNc1nc(N)nc([C@@H](N)CO)n1. The van der Waals surface area contributed by atoms with E-state index in [1.807, 2.05) is 0 Å². The van der Waals surface area contributed by atoms with Crippen molar-refractivity contribution in [3.63, 3.8) is 0 Å². The van der Waals surface area contributed by atoms with Crippen LogP contribution in [0.2, 0.25) is 0 Å². The van der Waals surface area contributed by atoms with Crippen LogP contribution in [0.25, 0.3) is 0 Å². The molecule has 0 aliphatic heterocycles. The van der Waals surface area contributed by atoms with E-state index in [1.165, 1.54) is 0 Å². The zero-order chi connectivity index (χ0) is 9.84. The van der Waals surface area contributed by atoms with Crippen LogP contribution in [-0.2, 0) is 0 Å². The largest absolute Gasteiger partial charge is 0.394 e. The van der Waals surface area contributed by atoms with Gasteiger partial charge in [-0.05, 0) is 0 Å². The van der Waals surface area contributed by atoms with Gasteiger partial charge in [0.1, 0.15) is 0 Å². The van der Waals surface area contributed by atoms with E-state index in [0.29, 0.717) is 5.95 Å². The molecule has 0 fully saturated rings. The van der Waals surface area contributed by atoms with Crippen molar-refractivity contribution in [3.8, 4) is 0 Å². The van der Waals surface area contributed by atoms with Crippen molar-refractivity contribution in [2.24, 2.45) is 5.73 Å². The minimum Gasteiger partial charge on any atom is -0.394 e. The van der Waals surface area contributed by atoms with Crippen molar-refractivity contribution in [3.05, 3.63) is 5.82 Å². The Bertz CT molecular complexity index is 290. The van der Waals surface area contributed by atoms with Crippen molar-refractivity contribution in [2.75, 3.05) is 24.7 Å². The van der Waals surface area contributed by atoms with Crippen LogP contribution in [0.4, 0.5) is 11.9 Å². The standard InChI is InChI=1S/C6H12N6O/c1-9-6-11-4(3(7)2-13)10-5(8)12-6/h3,13H,2,7H2,1H3,(H3,8,9,10,11,12)/t3-/m0/s1. The van der Waals surface area contributed by atoms with Gasteiger partial charge < -0.3 is 21.9 Å². The number of rotatable bonds is 3. The number of aromatic nitrogens is 3. The third kappa shape index (κ3) is 2.23. The first-order chi connectivity index (χ1) is 6.17. The summed E-state index contributed by atoms with van der Waals surface area (Å²) in [6.07, 6.45) is 0. The molecule has 1 aromatic rings. The molecule has 1 rings (SSSR count). The fourth-order valence-corrected chi connectivity index (χ4v) is 0.769. The maximum absolute atomic E-state index is 8.76. The van der Waals surface area contributed by atoms with E-state index in [1.54, 1.807) is 7.05 Å². The summed E-state index contributed by atoms with van der Waals surface area (Å²) >= 11 is 0. The molecule has 1 aromatic heterocycles. The molecule has 0 radical (unpaired) electrons. The average Bonchev–Trinajstić information content (AvgIpc) is 2.15. The van der Waals surface area contributed by atoms with Gasteiger partial charge >= 0.3 is 0 Å². The Kier molecular flexibility index (Phi) is 2.93. The van der Waals surface area contributed by atoms with Crippen LogP contribution in [0.15, 0.2) is 0 Å². The molecule has 0 aromatic carbocycles. The highest BCUT2D eigenvalue weighted by Gasteiger charge is 2.10. The molecular formula is C6H12N6O. The second kappa shape index (κ2) is 3.97. The van der Waals surface area contributed by atoms with Gasteiger partial charge in [-0.15, -0.1) is 0 Å². The molecule has 0 aliphatic carbocycles. The molecule has 0 saturated heterocycles. The third-order valence-corrected chi connectivity index (χ3v) is 1.42. The predicted octanol–water partition coefficient (Wildman–Crippen LogP) is -1.51. The molecule has 13 heavy (non-hydrogen) atoms. The highest BCUT2D eigenvalue weighted by Crippen LogP contribution is 2.07. The van der Waals surface area contributed by atoms with Gasteiger partial charge in [0.05, 0.1) is 12.6 Å². The second-order valence-corrected chi connectivity index (χ2v) is 2.41. The van der Waals surface area contributed by atoms with E-state index in [4.69, 9.17) is 16.6 Å². The van der Waals surface area contributed by atoms with Gasteiger partial charge in [-0.3, -0.25) is 0 Å². The quantitative estimate of drug-likeness (QED) is 0.450. The van der Waals surface area contributed by atoms with Crippen LogP contribution in [-0.4, -0.2) is 33.7 Å². The molecule has 0 amide bonds. The molecule has 7 nitrogen and oxygen atoms in total. The molecule has 0 saturated carbocycles. The van der Waals surface area contributed by atoms with Crippen molar-refractivity contribution in [2.45, 2.75) is 6.04 Å². The summed E-state index contributed by atoms with van der Waals surface area (Å²) in [5.74, 6) is 0.698. The number of nitrogens with two attached hydrogens (primary N) is 2. The number of aliphatic hydroxyl groups is 1. The Morgan fingerprint density at radius 2 is 2.15 bits per heavy atom. The van der Waals surface area contributed by atoms with E-state index in [0.717, 1.165) is 0 Å². The molecule has 0 bridgehead atoms. The normalized spacial score (nSPS) is 12.5. The molecule has 1 heterocycles. The van der Waals surface area contributed by atoms with Gasteiger partial charge in [0.2, 0.25) is 11.9 Å². The smallest absolute Gasteiger partial charge is 0.227 e. The van der Waals surface area contributed by atoms with Gasteiger partial charge in [0, 0.05) is 7.05 Å². The zero-order valence-corrected chi connectivity index (χ0v) is 7.23. The second-order valence-electron chi connectivity index (χ2n) is 2.41. The van der Waals surface area contributed by atoms with Gasteiger partial charge in [0.15, 0.2) is 5.82 Å². The number of nitrogens with zero attached hydrogens (tertiary/aromatic N) is 3. The number of aliphatic hydroxyl groups excluding tert-OH is 1. The van der Waals surface area contributed by atoms with Crippen molar-refractivity contribution < 1.29 is 5.11 Å². The van der Waals surface area contributed by atoms with E-state index < -0.39 is 6.04 Å². The Hall–Kier alpha value is -1.47. The lowest BCUT2D eigenvalue weighted by Crippen LogP contribution is -2.19. The van der Waals surface area contributed by atoms with E-state index in [9.17, 15) is 0 Å². The number of nitrogens with one attached hydrogen (secondary N) is 1. The fraction of sp³-hybridized carbons (Fsp3) is 0.500. The first kappa shape index (κ1) is 9.62. The lowest BCUT2D eigenvalue weighted by molar-refractivity contribution is 0.263. The lowest BCUT2D eigenvalue weighted by Gasteiger charge is -2.07. The van der Waals surface area contributed by atoms with Crippen LogP contribution in [0.3, 0.4) is 0 Å². The number of hydrogen-bond donors (Lipinski definition) is 4. The first-order valence-corrected chi connectivity index (χ1v) is 3.73. The Morgan fingerprint density at radius 1 is 1.46 bits per heavy atom. The summed E-state index contributed by atoms with van der Waals surface area (Å²) in [6, 6.07) is -0.627. The van der Waals surface area contributed by atoms with Crippen molar-refractivity contribution >= 4 is 11.9 Å². The summed E-state index contributed by atoms with van der Waals surface area (Å²) < 4.78 is 0. The van der Waals surface area contributed by atoms with Crippen molar-refractivity contribution in [1.29, 1.82) is 0 Å². The average molecular weight is 184 g/mol. The highest BCUT2D eigenvalue weighted by atomic mass is 16.3. The monoisotopic (exact) mass is 184 g/mol. The maximum atomic E-state index is 8.76. The molecule has 1 atom stereocenters. The zero-order valence-electron chi connectivity index (χ0n) is 7.23. The Morgan fingerprint density at radius 3 is 2.69 bits per heavy atom. The van der Waals surface area contributed by atoms with Gasteiger partial charge in [-0.25, -0.2) is 0 Å². The summed E-state index contributed by atoms with van der Waals surface area (Å²) in [5.41, 5.74) is 10.9. The van der Waals surface area contributed by atoms with E-state index in [2.05, 4.69) is 20.3 Å². The molecule has 7 heteroatoms. The molecule has 0 spiro atoms. The van der Waals surface area contributed by atoms with Gasteiger partial charge in [-0.1, -0.05) is 0 Å². The van der Waals surface area contributed by atoms with Crippen LogP contribution in [0, 0.1) is 0 Å².